The van der Waals surface area contributed by atoms with Crippen LogP contribution >= 0.6 is 11.9 Å². The number of nitrogen functional groups attached to an aromatic ring is 1. The van der Waals surface area contributed by atoms with Gasteiger partial charge < -0.3 is 15.5 Å². The predicted molar refractivity (Wildman–Crippen MR) is 81.6 cm³/mol. The zero-order valence-electron chi connectivity index (χ0n) is 11.0. The maximum atomic E-state index is 5.37. The van der Waals surface area contributed by atoms with Crippen molar-refractivity contribution in [3.8, 4) is 0 Å². The predicted octanol–water partition coefficient (Wildman–Crippen LogP) is 2.57. The molecule has 0 saturated heterocycles. The van der Waals surface area contributed by atoms with Crippen LogP contribution in [0.5, 0.6) is 0 Å². The van der Waals surface area contributed by atoms with E-state index in [0.29, 0.717) is 0 Å². The van der Waals surface area contributed by atoms with Gasteiger partial charge in [-0.3, -0.25) is 5.84 Å². The van der Waals surface area contributed by atoms with Gasteiger partial charge in [0.15, 0.2) is 0 Å². The van der Waals surface area contributed by atoms with Crippen molar-refractivity contribution >= 4 is 23.3 Å². The minimum absolute atomic E-state index is 0.880. The second-order valence-corrected chi connectivity index (χ2v) is 4.95. The van der Waals surface area contributed by atoms with Crippen LogP contribution in [0.25, 0.3) is 5.70 Å². The van der Waals surface area contributed by atoms with E-state index in [1.54, 1.807) is 0 Å². The zero-order chi connectivity index (χ0) is 13.5. The molecule has 0 saturated carbocycles. The van der Waals surface area contributed by atoms with Crippen molar-refractivity contribution in [2.75, 3.05) is 12.5 Å². The van der Waals surface area contributed by atoms with E-state index in [0.717, 1.165) is 27.4 Å². The van der Waals surface area contributed by atoms with Gasteiger partial charge in [0.2, 0.25) is 0 Å². The first-order valence-corrected chi connectivity index (χ1v) is 6.43. The van der Waals surface area contributed by atoms with Crippen LogP contribution in [-0.2, 0) is 0 Å². The number of hydrogen-bond donors (Lipinski definition) is 4. The highest BCUT2D eigenvalue weighted by atomic mass is 32.2. The molecule has 0 bridgehead atoms. The second kappa shape index (κ2) is 6.98. The third kappa shape index (κ3) is 4.01. The van der Waals surface area contributed by atoms with Gasteiger partial charge in [0.05, 0.1) is 0 Å². The minimum atomic E-state index is 0.880. The lowest BCUT2D eigenvalue weighted by molar-refractivity contribution is 1.09. The van der Waals surface area contributed by atoms with Crippen LogP contribution in [-0.4, -0.2) is 7.05 Å². The SMILES string of the molecule is C=C(NS/C(C)=C\NC)c1ccc(NN)cc1C. The molecule has 5 N–H and O–H groups in total. The van der Waals surface area contributed by atoms with E-state index >= 15 is 0 Å². The number of hydrogen-bond acceptors (Lipinski definition) is 5. The van der Waals surface area contributed by atoms with Crippen molar-refractivity contribution in [3.05, 3.63) is 47.0 Å². The van der Waals surface area contributed by atoms with E-state index in [1.807, 2.05) is 45.3 Å². The van der Waals surface area contributed by atoms with Gasteiger partial charge in [-0.25, -0.2) is 0 Å². The smallest absolute Gasteiger partial charge is 0.0488 e. The zero-order valence-corrected chi connectivity index (χ0v) is 11.8. The Hall–Kier alpha value is -1.59. The van der Waals surface area contributed by atoms with Crippen LogP contribution in [0.15, 0.2) is 35.9 Å². The molecular weight excluding hydrogens is 244 g/mol. The number of rotatable bonds is 6. The summed E-state index contributed by atoms with van der Waals surface area (Å²) in [7, 11) is 1.88. The van der Waals surface area contributed by atoms with Gasteiger partial charge in [0, 0.05) is 35.1 Å². The molecule has 1 aromatic rings. The minimum Gasteiger partial charge on any atom is -0.393 e. The van der Waals surface area contributed by atoms with Crippen LogP contribution in [0.1, 0.15) is 18.1 Å². The van der Waals surface area contributed by atoms with Crippen molar-refractivity contribution in [3.63, 3.8) is 0 Å². The summed E-state index contributed by atoms with van der Waals surface area (Å²) in [6.45, 7) is 8.10. The molecule has 0 aliphatic rings. The van der Waals surface area contributed by atoms with Crippen LogP contribution in [0.3, 0.4) is 0 Å². The molecular formula is C13H20N4S. The highest BCUT2D eigenvalue weighted by Crippen LogP contribution is 2.22. The largest absolute Gasteiger partial charge is 0.393 e. The van der Waals surface area contributed by atoms with E-state index in [-0.39, 0.29) is 0 Å². The molecule has 0 fully saturated rings. The van der Waals surface area contributed by atoms with E-state index in [1.165, 1.54) is 11.9 Å². The van der Waals surface area contributed by atoms with E-state index in [9.17, 15) is 0 Å². The van der Waals surface area contributed by atoms with Crippen molar-refractivity contribution in [1.29, 1.82) is 0 Å². The number of aryl methyl sites for hydroxylation is 1. The van der Waals surface area contributed by atoms with Crippen molar-refractivity contribution < 1.29 is 0 Å². The Bertz CT molecular complexity index is 454. The summed E-state index contributed by atoms with van der Waals surface area (Å²) >= 11 is 1.53. The average Bonchev–Trinajstić information content (AvgIpc) is 2.36. The third-order valence-electron chi connectivity index (χ3n) is 2.40. The monoisotopic (exact) mass is 264 g/mol. The molecule has 0 radical (unpaired) electrons. The lowest BCUT2D eigenvalue weighted by Gasteiger charge is -2.12. The summed E-state index contributed by atoms with van der Waals surface area (Å²) in [5.74, 6) is 5.37. The van der Waals surface area contributed by atoms with Crippen molar-refractivity contribution in [2.45, 2.75) is 13.8 Å². The summed E-state index contributed by atoms with van der Waals surface area (Å²) in [6.07, 6.45) is 1.93. The van der Waals surface area contributed by atoms with Gasteiger partial charge >= 0.3 is 0 Å². The first-order chi connectivity index (χ1) is 8.58. The lowest BCUT2D eigenvalue weighted by Crippen LogP contribution is -2.08. The highest BCUT2D eigenvalue weighted by Gasteiger charge is 2.04. The Labute approximate surface area is 113 Å². The number of nitrogens with two attached hydrogens (primary N) is 1. The number of allylic oxidation sites excluding steroid dienone is 1. The fourth-order valence-corrected chi connectivity index (χ4v) is 2.09. The van der Waals surface area contributed by atoms with Gasteiger partial charge in [-0.2, -0.15) is 0 Å². The van der Waals surface area contributed by atoms with Gasteiger partial charge in [-0.15, -0.1) is 0 Å². The van der Waals surface area contributed by atoms with Crippen molar-refractivity contribution in [2.24, 2.45) is 5.84 Å². The molecule has 98 valence electrons. The molecule has 0 aromatic heterocycles. The fraction of sp³-hybridized carbons (Fsp3) is 0.231. The maximum Gasteiger partial charge on any atom is 0.0488 e. The molecule has 0 unspecified atom stereocenters. The topological polar surface area (TPSA) is 62.1 Å². The van der Waals surface area contributed by atoms with Crippen LogP contribution < -0.4 is 21.3 Å². The molecule has 18 heavy (non-hydrogen) atoms. The average molecular weight is 264 g/mol. The highest BCUT2D eigenvalue weighted by molar-refractivity contribution is 8.01. The van der Waals surface area contributed by atoms with E-state index in [2.05, 4.69) is 22.0 Å². The molecule has 0 amide bonds. The number of benzene rings is 1. The molecule has 0 heterocycles. The van der Waals surface area contributed by atoms with Gasteiger partial charge in [-0.05, 0) is 43.5 Å². The van der Waals surface area contributed by atoms with Crippen LogP contribution in [0.4, 0.5) is 5.69 Å². The standard InChI is InChI=1S/C13H20N4S/c1-9-7-12(16-14)5-6-13(9)11(3)17-18-10(2)8-15-4/h5-8,15-17H,3,14H2,1-2,4H3/b10-8-. The van der Waals surface area contributed by atoms with Gasteiger partial charge in [-0.1, -0.05) is 12.6 Å². The van der Waals surface area contributed by atoms with Crippen LogP contribution in [0.2, 0.25) is 0 Å². The van der Waals surface area contributed by atoms with Crippen molar-refractivity contribution in [1.82, 2.24) is 10.0 Å². The summed E-state index contributed by atoms with van der Waals surface area (Å²) in [6, 6.07) is 5.91. The molecule has 4 nitrogen and oxygen atoms in total. The Morgan fingerprint density at radius 3 is 2.72 bits per heavy atom. The Morgan fingerprint density at radius 2 is 2.17 bits per heavy atom. The Kier molecular flexibility index (Phi) is 5.61. The molecule has 5 heteroatoms. The van der Waals surface area contributed by atoms with E-state index in [4.69, 9.17) is 5.84 Å². The normalized spacial score (nSPS) is 11.0. The molecule has 0 aliphatic heterocycles. The van der Waals surface area contributed by atoms with Crippen LogP contribution in [0, 0.1) is 6.92 Å². The van der Waals surface area contributed by atoms with E-state index < -0.39 is 0 Å². The molecule has 1 rings (SSSR count). The number of hydrazine groups is 1. The second-order valence-electron chi connectivity index (χ2n) is 3.90. The summed E-state index contributed by atoms with van der Waals surface area (Å²) < 4.78 is 3.22. The first-order valence-electron chi connectivity index (χ1n) is 5.62. The number of anilines is 1. The molecule has 1 aromatic carbocycles. The quantitative estimate of drug-likeness (QED) is 0.361. The maximum absolute atomic E-state index is 5.37. The molecule has 0 atom stereocenters. The summed E-state index contributed by atoms with van der Waals surface area (Å²) in [4.78, 5) is 1.14. The Morgan fingerprint density at radius 1 is 1.44 bits per heavy atom. The number of nitrogens with one attached hydrogen (secondary N) is 3. The summed E-state index contributed by atoms with van der Waals surface area (Å²) in [5, 5.41) is 2.98. The van der Waals surface area contributed by atoms with Gasteiger partial charge in [0.25, 0.3) is 0 Å². The van der Waals surface area contributed by atoms with Gasteiger partial charge in [0.1, 0.15) is 0 Å². The lowest BCUT2D eigenvalue weighted by atomic mass is 10.1. The summed E-state index contributed by atoms with van der Waals surface area (Å²) in [5.41, 5.74) is 6.61. The Balaban J connectivity index is 2.70. The first kappa shape index (κ1) is 14.5. The molecule has 0 aliphatic carbocycles. The molecule has 0 spiro atoms. The third-order valence-corrected chi connectivity index (χ3v) is 3.19. The fourth-order valence-electron chi connectivity index (χ4n) is 1.52.